The normalized spacial score (nSPS) is 9.50. The van der Waals surface area contributed by atoms with Crippen LogP contribution in [0.15, 0.2) is 12.4 Å². The van der Waals surface area contributed by atoms with Gasteiger partial charge in [0, 0.05) is 12.4 Å². The topological polar surface area (TPSA) is 58.9 Å². The van der Waals surface area contributed by atoms with Crippen molar-refractivity contribution in [1.29, 1.82) is 5.41 Å². The van der Waals surface area contributed by atoms with Crippen molar-refractivity contribution in [3.8, 4) is 0 Å². The molecule has 0 unspecified atom stereocenters. The van der Waals surface area contributed by atoms with Gasteiger partial charge in [-0.15, -0.1) is 0 Å². The maximum absolute atomic E-state index is 7.35. The van der Waals surface area contributed by atoms with Crippen LogP contribution < -0.4 is 0 Å². The van der Waals surface area contributed by atoms with Crippen LogP contribution in [-0.4, -0.2) is 22.5 Å². The van der Waals surface area contributed by atoms with Gasteiger partial charge in [0.25, 0.3) is 5.90 Å². The zero-order valence-electron chi connectivity index (χ0n) is 7.16. The van der Waals surface area contributed by atoms with Gasteiger partial charge in [0.1, 0.15) is 0 Å². The Morgan fingerprint density at radius 3 is 2.58 bits per heavy atom. The number of hydrogen-bond donors (Lipinski definition) is 1. The van der Waals surface area contributed by atoms with Gasteiger partial charge in [0.2, 0.25) is 5.82 Å². The second-order valence-corrected chi connectivity index (χ2v) is 2.35. The Balaban J connectivity index is 2.75. The molecule has 1 aromatic heterocycles. The molecule has 0 spiro atoms. The van der Waals surface area contributed by atoms with Gasteiger partial charge in [-0.1, -0.05) is 0 Å². The lowest BCUT2D eigenvalue weighted by Crippen LogP contribution is -2.09. The van der Waals surface area contributed by atoms with Crippen LogP contribution in [0.25, 0.3) is 0 Å². The average molecular weight is 165 g/mol. The molecule has 0 aliphatic heterocycles. The van der Waals surface area contributed by atoms with Gasteiger partial charge < -0.3 is 4.74 Å². The molecule has 0 saturated carbocycles. The lowest BCUT2D eigenvalue weighted by molar-refractivity contribution is 0.323. The van der Waals surface area contributed by atoms with E-state index in [9.17, 15) is 0 Å². The highest BCUT2D eigenvalue weighted by Gasteiger charge is 2.03. The van der Waals surface area contributed by atoms with Crippen molar-refractivity contribution in [3.63, 3.8) is 0 Å². The van der Waals surface area contributed by atoms with E-state index in [1.54, 1.807) is 12.4 Å². The molecule has 0 fully saturated rings. The van der Waals surface area contributed by atoms with E-state index in [4.69, 9.17) is 10.1 Å². The molecule has 0 bridgehead atoms. The molecule has 1 rings (SSSR count). The highest BCUT2D eigenvalue weighted by Crippen LogP contribution is 1.95. The molecule has 1 heterocycles. The number of nitrogens with zero attached hydrogens (tertiary/aromatic N) is 2. The van der Waals surface area contributed by atoms with Gasteiger partial charge in [0.05, 0.1) is 6.61 Å². The molecular formula is C8H11N3O. The quantitative estimate of drug-likeness (QED) is 0.528. The van der Waals surface area contributed by atoms with Crippen molar-refractivity contribution in [3.05, 3.63) is 23.8 Å². The van der Waals surface area contributed by atoms with E-state index in [1.807, 2.05) is 13.8 Å². The SMILES string of the molecule is CCOC(=N)c1ncc(C)cn1. The number of hydrogen-bond acceptors (Lipinski definition) is 4. The number of aryl methyl sites for hydroxylation is 1. The molecule has 64 valence electrons. The minimum absolute atomic E-state index is 0.0255. The van der Waals surface area contributed by atoms with Crippen LogP contribution >= 0.6 is 0 Å². The summed E-state index contributed by atoms with van der Waals surface area (Å²) in [6, 6.07) is 0. The fourth-order valence-corrected chi connectivity index (χ4v) is 0.719. The minimum atomic E-state index is 0.0255. The molecule has 0 aromatic carbocycles. The molecule has 0 radical (unpaired) electrons. The van der Waals surface area contributed by atoms with Crippen LogP contribution in [0.5, 0.6) is 0 Å². The Bertz CT molecular complexity index is 268. The number of rotatable bonds is 2. The monoisotopic (exact) mass is 165 g/mol. The van der Waals surface area contributed by atoms with Crippen LogP contribution in [0.4, 0.5) is 0 Å². The summed E-state index contributed by atoms with van der Waals surface area (Å²) < 4.78 is 4.93. The first kappa shape index (κ1) is 8.64. The Labute approximate surface area is 71.1 Å². The van der Waals surface area contributed by atoms with E-state index in [0.29, 0.717) is 12.4 Å². The Kier molecular flexibility index (Phi) is 2.74. The van der Waals surface area contributed by atoms with Crippen molar-refractivity contribution in [2.45, 2.75) is 13.8 Å². The van der Waals surface area contributed by atoms with Gasteiger partial charge in [0.15, 0.2) is 0 Å². The Morgan fingerprint density at radius 1 is 1.50 bits per heavy atom. The Morgan fingerprint density at radius 2 is 2.08 bits per heavy atom. The molecule has 1 N–H and O–H groups in total. The summed E-state index contributed by atoms with van der Waals surface area (Å²) in [7, 11) is 0. The third-order valence-electron chi connectivity index (χ3n) is 1.27. The van der Waals surface area contributed by atoms with E-state index >= 15 is 0 Å². The van der Waals surface area contributed by atoms with Crippen LogP contribution in [0.3, 0.4) is 0 Å². The predicted molar refractivity (Wildman–Crippen MR) is 45.2 cm³/mol. The second kappa shape index (κ2) is 3.80. The molecule has 0 aliphatic carbocycles. The van der Waals surface area contributed by atoms with Crippen molar-refractivity contribution < 1.29 is 4.74 Å². The first-order valence-corrected chi connectivity index (χ1v) is 3.74. The van der Waals surface area contributed by atoms with E-state index < -0.39 is 0 Å². The van der Waals surface area contributed by atoms with Crippen LogP contribution in [-0.2, 0) is 4.74 Å². The second-order valence-electron chi connectivity index (χ2n) is 2.35. The highest BCUT2D eigenvalue weighted by molar-refractivity contribution is 5.87. The van der Waals surface area contributed by atoms with E-state index in [1.165, 1.54) is 0 Å². The molecule has 4 heteroatoms. The summed E-state index contributed by atoms with van der Waals surface area (Å²) in [6.07, 6.45) is 3.33. The van der Waals surface area contributed by atoms with Gasteiger partial charge in [-0.25, -0.2) is 9.97 Å². The van der Waals surface area contributed by atoms with Gasteiger partial charge in [-0.3, -0.25) is 5.41 Å². The lowest BCUT2D eigenvalue weighted by Gasteiger charge is -2.01. The molecule has 0 amide bonds. The summed E-state index contributed by atoms with van der Waals surface area (Å²) in [5.74, 6) is 0.361. The predicted octanol–water partition coefficient (Wildman–Crippen LogP) is 1.15. The maximum atomic E-state index is 7.35. The Hall–Kier alpha value is -1.45. The number of aromatic nitrogens is 2. The van der Waals surface area contributed by atoms with Crippen molar-refractivity contribution >= 4 is 5.90 Å². The molecule has 4 nitrogen and oxygen atoms in total. The average Bonchev–Trinajstić information content (AvgIpc) is 2.06. The van der Waals surface area contributed by atoms with Crippen molar-refractivity contribution in [1.82, 2.24) is 9.97 Å². The highest BCUT2D eigenvalue weighted by atomic mass is 16.5. The fraction of sp³-hybridized carbons (Fsp3) is 0.375. The first-order chi connectivity index (χ1) is 5.74. The van der Waals surface area contributed by atoms with E-state index in [-0.39, 0.29) is 5.90 Å². The van der Waals surface area contributed by atoms with Crippen LogP contribution in [0.1, 0.15) is 18.3 Å². The smallest absolute Gasteiger partial charge is 0.252 e. The standard InChI is InChI=1S/C8H11N3O/c1-3-12-7(9)8-10-4-6(2)5-11-8/h4-5,9H,3H2,1-2H3. The lowest BCUT2D eigenvalue weighted by atomic mass is 10.4. The number of ether oxygens (including phenoxy) is 1. The third kappa shape index (κ3) is 2.02. The zero-order valence-corrected chi connectivity index (χ0v) is 7.16. The summed E-state index contributed by atoms with van der Waals surface area (Å²) >= 11 is 0. The molecular weight excluding hydrogens is 154 g/mol. The summed E-state index contributed by atoms with van der Waals surface area (Å²) in [4.78, 5) is 7.87. The summed E-state index contributed by atoms with van der Waals surface area (Å²) in [5.41, 5.74) is 0.975. The van der Waals surface area contributed by atoms with Gasteiger partial charge in [-0.2, -0.15) is 0 Å². The minimum Gasteiger partial charge on any atom is -0.476 e. The van der Waals surface area contributed by atoms with Gasteiger partial charge >= 0.3 is 0 Å². The van der Waals surface area contributed by atoms with Gasteiger partial charge in [-0.05, 0) is 19.4 Å². The molecule has 1 aromatic rings. The summed E-state index contributed by atoms with van der Waals surface area (Å²) in [6.45, 7) is 4.19. The zero-order chi connectivity index (χ0) is 8.97. The van der Waals surface area contributed by atoms with Crippen molar-refractivity contribution in [2.24, 2.45) is 0 Å². The maximum Gasteiger partial charge on any atom is 0.252 e. The summed E-state index contributed by atoms with van der Waals surface area (Å²) in [5, 5.41) is 7.35. The van der Waals surface area contributed by atoms with Crippen LogP contribution in [0, 0.1) is 12.3 Å². The number of nitrogens with one attached hydrogen (secondary N) is 1. The molecule has 0 atom stereocenters. The molecule has 0 saturated heterocycles. The fourth-order valence-electron chi connectivity index (χ4n) is 0.719. The van der Waals surface area contributed by atoms with E-state index in [0.717, 1.165) is 5.56 Å². The largest absolute Gasteiger partial charge is 0.476 e. The molecule has 0 aliphatic rings. The van der Waals surface area contributed by atoms with E-state index in [2.05, 4.69) is 9.97 Å². The first-order valence-electron chi connectivity index (χ1n) is 3.74. The van der Waals surface area contributed by atoms with Crippen LogP contribution in [0.2, 0.25) is 0 Å². The molecule has 12 heavy (non-hydrogen) atoms. The van der Waals surface area contributed by atoms with Crippen molar-refractivity contribution in [2.75, 3.05) is 6.61 Å². The third-order valence-corrected chi connectivity index (χ3v) is 1.27.